The van der Waals surface area contributed by atoms with Gasteiger partial charge in [0.15, 0.2) is 0 Å². The van der Waals surface area contributed by atoms with E-state index in [1.807, 2.05) is 20.8 Å². The van der Waals surface area contributed by atoms with Crippen molar-refractivity contribution >= 4 is 28.8 Å². The summed E-state index contributed by atoms with van der Waals surface area (Å²) in [6, 6.07) is 1.71. The predicted octanol–water partition coefficient (Wildman–Crippen LogP) is 1.04. The van der Waals surface area contributed by atoms with Gasteiger partial charge in [-0.05, 0) is 26.8 Å². The highest BCUT2D eigenvalue weighted by atomic mass is 32.1. The second-order valence-corrected chi connectivity index (χ2v) is 5.38. The van der Waals surface area contributed by atoms with Gasteiger partial charge in [0.25, 0.3) is 0 Å². The third kappa shape index (κ3) is 4.67. The van der Waals surface area contributed by atoms with Gasteiger partial charge in [0.1, 0.15) is 4.99 Å². The normalized spacial score (nSPS) is 10.8. The van der Waals surface area contributed by atoms with Crippen molar-refractivity contribution in [3.8, 4) is 0 Å². The van der Waals surface area contributed by atoms with Crippen molar-refractivity contribution in [3.63, 3.8) is 0 Å². The number of hydrogen-bond acceptors (Lipinski definition) is 4. The molecule has 0 radical (unpaired) electrons. The van der Waals surface area contributed by atoms with Crippen LogP contribution in [0.15, 0.2) is 18.5 Å². The van der Waals surface area contributed by atoms with Crippen LogP contribution >= 0.6 is 12.2 Å². The molecule has 0 aromatic carbocycles. The molecular weight excluding hydrogens is 248 g/mol. The molecule has 0 aliphatic heterocycles. The van der Waals surface area contributed by atoms with E-state index in [0.29, 0.717) is 11.3 Å². The van der Waals surface area contributed by atoms with E-state index in [4.69, 9.17) is 18.0 Å². The van der Waals surface area contributed by atoms with E-state index in [1.54, 1.807) is 18.5 Å². The standard InChI is InChI=1S/C12H18N4OS/c1-12(2,3)16-10(17)7-15-9-6-14-5-4-8(9)11(13)18/h4-6,15H,7H2,1-3H3,(H2,13,18)(H,16,17). The molecule has 98 valence electrons. The second-order valence-electron chi connectivity index (χ2n) is 4.94. The van der Waals surface area contributed by atoms with Crippen LogP contribution in [0.25, 0.3) is 0 Å². The van der Waals surface area contributed by atoms with Gasteiger partial charge < -0.3 is 16.4 Å². The molecule has 0 saturated heterocycles. The van der Waals surface area contributed by atoms with Crippen LogP contribution in [0, 0.1) is 0 Å². The number of carbonyl (C=O) groups excluding carboxylic acids is 1. The van der Waals surface area contributed by atoms with Gasteiger partial charge in [-0.1, -0.05) is 12.2 Å². The van der Waals surface area contributed by atoms with Crippen molar-refractivity contribution in [1.29, 1.82) is 0 Å². The van der Waals surface area contributed by atoms with Gasteiger partial charge in [0, 0.05) is 17.3 Å². The molecule has 0 unspecified atom stereocenters. The maximum atomic E-state index is 11.7. The number of anilines is 1. The molecule has 18 heavy (non-hydrogen) atoms. The summed E-state index contributed by atoms with van der Waals surface area (Å²) < 4.78 is 0. The fourth-order valence-electron chi connectivity index (χ4n) is 1.39. The van der Waals surface area contributed by atoms with Crippen LogP contribution in [-0.2, 0) is 4.79 Å². The minimum Gasteiger partial charge on any atom is -0.389 e. The quantitative estimate of drug-likeness (QED) is 0.710. The molecule has 6 heteroatoms. The molecular formula is C12H18N4OS. The third-order valence-corrected chi connectivity index (χ3v) is 2.26. The van der Waals surface area contributed by atoms with E-state index in [9.17, 15) is 4.79 Å². The fraction of sp³-hybridized carbons (Fsp3) is 0.417. The van der Waals surface area contributed by atoms with Crippen molar-refractivity contribution in [1.82, 2.24) is 10.3 Å². The summed E-state index contributed by atoms with van der Waals surface area (Å²) in [5.41, 5.74) is 6.68. The summed E-state index contributed by atoms with van der Waals surface area (Å²) in [7, 11) is 0. The summed E-state index contributed by atoms with van der Waals surface area (Å²) in [6.07, 6.45) is 3.20. The first-order chi connectivity index (χ1) is 8.29. The molecule has 5 nitrogen and oxygen atoms in total. The van der Waals surface area contributed by atoms with Gasteiger partial charge in [0.2, 0.25) is 5.91 Å². The molecule has 0 fully saturated rings. The molecule has 1 aromatic rings. The molecule has 1 aromatic heterocycles. The first-order valence-corrected chi connectivity index (χ1v) is 5.99. The lowest BCUT2D eigenvalue weighted by atomic mass is 10.1. The van der Waals surface area contributed by atoms with Gasteiger partial charge in [-0.2, -0.15) is 0 Å². The third-order valence-electron chi connectivity index (χ3n) is 2.04. The lowest BCUT2D eigenvalue weighted by Gasteiger charge is -2.21. The zero-order chi connectivity index (χ0) is 13.8. The van der Waals surface area contributed by atoms with Crippen molar-refractivity contribution < 1.29 is 4.79 Å². The molecule has 0 spiro atoms. The van der Waals surface area contributed by atoms with Crippen LogP contribution in [0.5, 0.6) is 0 Å². The zero-order valence-electron chi connectivity index (χ0n) is 10.8. The SMILES string of the molecule is CC(C)(C)NC(=O)CNc1cnccc1C(N)=S. The monoisotopic (exact) mass is 266 g/mol. The van der Waals surface area contributed by atoms with Crippen LogP contribution < -0.4 is 16.4 Å². The second kappa shape index (κ2) is 5.77. The summed E-state index contributed by atoms with van der Waals surface area (Å²) in [4.78, 5) is 15.9. The highest BCUT2D eigenvalue weighted by molar-refractivity contribution is 7.80. The van der Waals surface area contributed by atoms with E-state index in [1.165, 1.54) is 0 Å². The molecule has 0 atom stereocenters. The Morgan fingerprint density at radius 3 is 2.72 bits per heavy atom. The van der Waals surface area contributed by atoms with E-state index in [2.05, 4.69) is 15.6 Å². The molecule has 0 bridgehead atoms. The largest absolute Gasteiger partial charge is 0.389 e. The van der Waals surface area contributed by atoms with Gasteiger partial charge in [-0.25, -0.2) is 0 Å². The lowest BCUT2D eigenvalue weighted by Crippen LogP contribution is -2.43. The number of nitrogens with one attached hydrogen (secondary N) is 2. The van der Waals surface area contributed by atoms with Crippen LogP contribution in [0.1, 0.15) is 26.3 Å². The number of amides is 1. The number of pyridine rings is 1. The first kappa shape index (κ1) is 14.4. The van der Waals surface area contributed by atoms with Gasteiger partial charge in [-0.15, -0.1) is 0 Å². The maximum Gasteiger partial charge on any atom is 0.239 e. The van der Waals surface area contributed by atoms with Gasteiger partial charge in [0.05, 0.1) is 18.4 Å². The van der Waals surface area contributed by atoms with Crippen molar-refractivity contribution in [2.24, 2.45) is 5.73 Å². The van der Waals surface area contributed by atoms with E-state index in [-0.39, 0.29) is 23.0 Å². The van der Waals surface area contributed by atoms with E-state index in [0.717, 1.165) is 0 Å². The average molecular weight is 266 g/mol. The Hall–Kier alpha value is -1.69. The van der Waals surface area contributed by atoms with E-state index >= 15 is 0 Å². The summed E-state index contributed by atoms with van der Waals surface area (Å²) >= 11 is 4.93. The number of nitrogens with zero attached hydrogens (tertiary/aromatic N) is 1. The van der Waals surface area contributed by atoms with Gasteiger partial charge in [-0.3, -0.25) is 9.78 Å². The Balaban J connectivity index is 2.64. The topological polar surface area (TPSA) is 80.0 Å². The highest BCUT2D eigenvalue weighted by Crippen LogP contribution is 2.12. The summed E-state index contributed by atoms with van der Waals surface area (Å²) in [5.74, 6) is -0.0970. The highest BCUT2D eigenvalue weighted by Gasteiger charge is 2.13. The number of nitrogens with two attached hydrogens (primary N) is 1. The fourth-order valence-corrected chi connectivity index (χ4v) is 1.57. The predicted molar refractivity (Wildman–Crippen MR) is 76.5 cm³/mol. The minimum atomic E-state index is -0.250. The van der Waals surface area contributed by atoms with Crippen LogP contribution in [0.2, 0.25) is 0 Å². The number of rotatable bonds is 4. The Labute approximate surface area is 112 Å². The van der Waals surface area contributed by atoms with Crippen LogP contribution in [0.3, 0.4) is 0 Å². The number of aromatic nitrogens is 1. The molecule has 1 amide bonds. The van der Waals surface area contributed by atoms with Crippen molar-refractivity contribution in [3.05, 3.63) is 24.0 Å². The number of thiocarbonyl (C=S) groups is 1. The Bertz CT molecular complexity index is 454. The molecule has 4 N–H and O–H groups in total. The number of hydrogen-bond donors (Lipinski definition) is 3. The van der Waals surface area contributed by atoms with Crippen LogP contribution in [-0.4, -0.2) is 28.0 Å². The average Bonchev–Trinajstić information content (AvgIpc) is 2.24. The molecule has 0 saturated carbocycles. The Kier molecular flexibility index (Phi) is 4.61. The minimum absolute atomic E-state index is 0.0970. The Morgan fingerprint density at radius 1 is 1.50 bits per heavy atom. The lowest BCUT2D eigenvalue weighted by molar-refractivity contribution is -0.120. The van der Waals surface area contributed by atoms with Crippen molar-refractivity contribution in [2.75, 3.05) is 11.9 Å². The number of carbonyl (C=O) groups is 1. The summed E-state index contributed by atoms with van der Waals surface area (Å²) in [5, 5.41) is 5.83. The smallest absolute Gasteiger partial charge is 0.239 e. The summed E-state index contributed by atoms with van der Waals surface area (Å²) in [6.45, 7) is 5.93. The van der Waals surface area contributed by atoms with E-state index < -0.39 is 0 Å². The molecule has 0 aliphatic carbocycles. The first-order valence-electron chi connectivity index (χ1n) is 5.58. The molecule has 1 heterocycles. The zero-order valence-corrected chi connectivity index (χ0v) is 11.6. The maximum absolute atomic E-state index is 11.7. The molecule has 0 aliphatic rings. The van der Waals surface area contributed by atoms with Crippen molar-refractivity contribution in [2.45, 2.75) is 26.3 Å². The molecule has 1 rings (SSSR count). The Morgan fingerprint density at radius 2 is 2.17 bits per heavy atom. The van der Waals surface area contributed by atoms with Crippen LogP contribution in [0.4, 0.5) is 5.69 Å². The van der Waals surface area contributed by atoms with Gasteiger partial charge >= 0.3 is 0 Å².